The number of hydrogen-bond acceptors (Lipinski definition) is 3. The third kappa shape index (κ3) is 4.91. The number of alkyl halides is 7. The van der Waals surface area contributed by atoms with Gasteiger partial charge in [0, 0.05) is 30.8 Å². The van der Waals surface area contributed by atoms with Gasteiger partial charge in [-0.1, -0.05) is 17.7 Å². The van der Waals surface area contributed by atoms with E-state index in [-0.39, 0.29) is 18.3 Å². The fourth-order valence-electron chi connectivity index (χ4n) is 2.59. The van der Waals surface area contributed by atoms with Gasteiger partial charge in [-0.25, -0.2) is 4.39 Å². The molecule has 0 aliphatic carbocycles. The van der Waals surface area contributed by atoms with Crippen molar-refractivity contribution in [2.75, 3.05) is 0 Å². The first-order valence-corrected chi connectivity index (χ1v) is 10.3. The summed E-state index contributed by atoms with van der Waals surface area (Å²) in [6.45, 7) is 0. The van der Waals surface area contributed by atoms with Crippen LogP contribution in [0, 0.1) is 17.3 Å². The summed E-state index contributed by atoms with van der Waals surface area (Å²) in [4.78, 5) is 22.7. The number of Topliss-reactive ketones (excluding diaryl/α,β-unsaturated/α-hetero) is 1. The van der Waals surface area contributed by atoms with E-state index in [9.17, 15) is 45.6 Å². The lowest BCUT2D eigenvalue weighted by Crippen LogP contribution is -2.50. The maximum Gasteiger partial charge on any atom is 0.435 e. The van der Waals surface area contributed by atoms with Crippen molar-refractivity contribution in [1.29, 1.82) is 0 Å². The molecule has 0 bridgehead atoms. The molecule has 4 nitrogen and oxygen atoms in total. The summed E-state index contributed by atoms with van der Waals surface area (Å²) in [5, 5.41) is 10.5. The van der Waals surface area contributed by atoms with Crippen LogP contribution < -0.4 is 0 Å². The largest absolute Gasteiger partial charge is 0.435 e. The van der Waals surface area contributed by atoms with Crippen LogP contribution in [0.5, 0.6) is 0 Å². The molecule has 2 rings (SSSR count). The average Bonchev–Trinajstić information content (AvgIpc) is 2.61. The molecule has 0 saturated heterocycles. The van der Waals surface area contributed by atoms with E-state index < -0.39 is 51.4 Å². The molecule has 0 atom stereocenters. The Labute approximate surface area is 201 Å². The van der Waals surface area contributed by atoms with Gasteiger partial charge >= 0.3 is 18.0 Å². The Balaban J connectivity index is 2.52. The Morgan fingerprint density at radius 3 is 1.90 bits per heavy atom. The highest BCUT2D eigenvalue weighted by Gasteiger charge is 2.73. The average molecular weight is 695 g/mol. The minimum Gasteiger partial charge on any atom is -0.294 e. The van der Waals surface area contributed by atoms with Crippen molar-refractivity contribution in [2.24, 2.45) is 0 Å². The van der Waals surface area contributed by atoms with Crippen LogP contribution >= 0.6 is 56.8 Å². The van der Waals surface area contributed by atoms with E-state index in [2.05, 4.69) is 0 Å². The molecule has 0 unspecified atom stereocenters. The van der Waals surface area contributed by atoms with Gasteiger partial charge in [0.1, 0.15) is 5.02 Å². The number of benzene rings is 2. The first-order chi connectivity index (χ1) is 14.0. The molecule has 0 radical (unpaired) electrons. The van der Waals surface area contributed by atoms with Crippen LogP contribution in [0.25, 0.3) is 0 Å². The zero-order valence-corrected chi connectivity index (χ0v) is 19.6. The van der Waals surface area contributed by atoms with Crippen LogP contribution in [-0.4, -0.2) is 23.1 Å². The molecule has 0 saturated carbocycles. The second-order valence-corrected chi connectivity index (χ2v) is 8.77. The summed E-state index contributed by atoms with van der Waals surface area (Å²) in [5.74, 6) is -0.768. The van der Waals surface area contributed by atoms with Gasteiger partial charge < -0.3 is 0 Å². The van der Waals surface area contributed by atoms with Crippen molar-refractivity contribution >= 4 is 68.3 Å². The first-order valence-electron chi connectivity index (χ1n) is 7.79. The summed E-state index contributed by atoms with van der Waals surface area (Å²) in [5.41, 5.74) is -8.07. The van der Waals surface area contributed by atoms with Gasteiger partial charge in [-0.15, -0.1) is 0 Å². The highest BCUT2D eigenvalue weighted by molar-refractivity contribution is 14.1. The number of carbonyl (C=O) groups is 1. The SMILES string of the molecule is O=C(Cc1c(I)cc(C(F)(C(F)(F)F)C(F)(F)F)cc1I)c1cccc([N+](=O)[O-])c1Cl. The molecule has 0 fully saturated rings. The Hall–Kier alpha value is -1.23. The van der Waals surface area contributed by atoms with E-state index in [1.807, 2.05) is 0 Å². The van der Waals surface area contributed by atoms with E-state index in [0.29, 0.717) is 12.1 Å². The number of nitro groups is 1. The first kappa shape index (κ1) is 26.0. The Morgan fingerprint density at radius 1 is 1.00 bits per heavy atom. The van der Waals surface area contributed by atoms with E-state index in [4.69, 9.17) is 11.6 Å². The van der Waals surface area contributed by atoms with Crippen molar-refractivity contribution in [1.82, 2.24) is 0 Å². The maximum atomic E-state index is 14.3. The molecule has 2 aromatic carbocycles. The molecule has 14 heteroatoms. The van der Waals surface area contributed by atoms with Crippen LogP contribution in [-0.2, 0) is 12.1 Å². The van der Waals surface area contributed by atoms with Gasteiger partial charge in [0.2, 0.25) is 0 Å². The third-order valence-corrected chi connectivity index (χ3v) is 6.46. The Bertz CT molecular complexity index is 1020. The van der Waals surface area contributed by atoms with E-state index in [1.165, 1.54) is 57.3 Å². The molecule has 0 heterocycles. The van der Waals surface area contributed by atoms with Gasteiger partial charge in [0.25, 0.3) is 5.69 Å². The molecule has 0 spiro atoms. The van der Waals surface area contributed by atoms with Crippen molar-refractivity contribution in [2.45, 2.75) is 24.4 Å². The summed E-state index contributed by atoms with van der Waals surface area (Å²) in [6.07, 6.45) is -13.1. The number of ketones is 1. The third-order valence-electron chi connectivity index (χ3n) is 4.13. The lowest BCUT2D eigenvalue weighted by atomic mass is 9.92. The molecular weight excluding hydrogens is 688 g/mol. The second kappa shape index (κ2) is 8.96. The van der Waals surface area contributed by atoms with Crippen molar-refractivity contribution in [3.8, 4) is 0 Å². The van der Waals surface area contributed by atoms with Gasteiger partial charge in [0.15, 0.2) is 5.78 Å². The smallest absolute Gasteiger partial charge is 0.294 e. The van der Waals surface area contributed by atoms with Crippen LogP contribution in [0.1, 0.15) is 21.5 Å². The zero-order chi connectivity index (χ0) is 23.9. The summed E-state index contributed by atoms with van der Waals surface area (Å²) in [7, 11) is 0. The van der Waals surface area contributed by atoms with Crippen LogP contribution in [0.2, 0.25) is 5.02 Å². The normalized spacial score (nSPS) is 12.7. The van der Waals surface area contributed by atoms with Gasteiger partial charge in [-0.2, -0.15) is 26.3 Å². The van der Waals surface area contributed by atoms with Crippen molar-refractivity contribution < 1.29 is 40.5 Å². The summed E-state index contributed by atoms with van der Waals surface area (Å²) < 4.78 is 91.9. The van der Waals surface area contributed by atoms with Crippen molar-refractivity contribution in [3.05, 3.63) is 69.3 Å². The van der Waals surface area contributed by atoms with E-state index >= 15 is 0 Å². The number of hydrogen-bond donors (Lipinski definition) is 0. The van der Waals surface area contributed by atoms with E-state index in [1.54, 1.807) is 0 Å². The number of nitrogens with zero attached hydrogens (tertiary/aromatic N) is 1. The van der Waals surface area contributed by atoms with Crippen LogP contribution in [0.4, 0.5) is 36.4 Å². The summed E-state index contributed by atoms with van der Waals surface area (Å²) >= 11 is 8.64. The predicted molar refractivity (Wildman–Crippen MR) is 113 cm³/mol. The lowest BCUT2D eigenvalue weighted by Gasteiger charge is -2.31. The second-order valence-electron chi connectivity index (χ2n) is 6.07. The molecule has 2 aromatic rings. The Kier molecular flexibility index (Phi) is 7.52. The minimum atomic E-state index is -6.27. The Morgan fingerprint density at radius 2 is 1.48 bits per heavy atom. The van der Waals surface area contributed by atoms with Gasteiger partial charge in [-0.05, 0) is 68.9 Å². The molecule has 168 valence electrons. The fourth-order valence-corrected chi connectivity index (χ4v) is 5.04. The molecular formula is C17H7ClF7I2NO3. The number of nitro benzene ring substituents is 1. The quantitative estimate of drug-likeness (QED) is 0.110. The zero-order valence-electron chi connectivity index (χ0n) is 14.5. The standard InChI is InChI=1S/C17H7ClF7I2NO3/c18-14-8(2-1-3-12(14)28(30)31)13(29)6-9-10(26)4-7(5-11(9)27)15(19,16(20,21)22)17(23,24)25/h1-5H,6H2. The minimum absolute atomic E-state index is 0.0178. The van der Waals surface area contributed by atoms with Crippen LogP contribution in [0.15, 0.2) is 30.3 Å². The topological polar surface area (TPSA) is 60.2 Å². The van der Waals surface area contributed by atoms with Crippen LogP contribution in [0.3, 0.4) is 0 Å². The molecule has 0 aliphatic rings. The molecule has 0 amide bonds. The van der Waals surface area contributed by atoms with Gasteiger partial charge in [0.05, 0.1) is 4.92 Å². The highest BCUT2D eigenvalue weighted by atomic mass is 127. The maximum absolute atomic E-state index is 14.3. The highest BCUT2D eigenvalue weighted by Crippen LogP contribution is 2.53. The summed E-state index contributed by atoms with van der Waals surface area (Å²) in [6, 6.07) is 4.16. The predicted octanol–water partition coefficient (Wildman–Crippen LogP) is 7.17. The molecule has 0 aromatic heterocycles. The molecule has 31 heavy (non-hydrogen) atoms. The van der Waals surface area contributed by atoms with Crippen molar-refractivity contribution in [3.63, 3.8) is 0 Å². The number of carbonyl (C=O) groups excluding carboxylic acids is 1. The monoisotopic (exact) mass is 695 g/mol. The fraction of sp³-hybridized carbons (Fsp3) is 0.235. The van der Waals surface area contributed by atoms with E-state index in [0.717, 1.165) is 6.07 Å². The molecule has 0 aliphatic heterocycles. The number of rotatable bonds is 5. The molecule has 0 N–H and O–H groups in total. The number of halogens is 10. The van der Waals surface area contributed by atoms with Gasteiger partial charge in [-0.3, -0.25) is 14.9 Å². The lowest BCUT2D eigenvalue weighted by molar-refractivity contribution is -0.384.